The summed E-state index contributed by atoms with van der Waals surface area (Å²) in [7, 11) is 0. The highest BCUT2D eigenvalue weighted by Crippen LogP contribution is 2.30. The highest BCUT2D eigenvalue weighted by Gasteiger charge is 2.22. The van der Waals surface area contributed by atoms with Crippen LogP contribution in [0.15, 0.2) is 47.1 Å². The van der Waals surface area contributed by atoms with Gasteiger partial charge in [-0.05, 0) is 40.1 Å². The number of amides is 1. The van der Waals surface area contributed by atoms with Crippen molar-refractivity contribution in [2.75, 3.05) is 5.32 Å². The van der Waals surface area contributed by atoms with Crippen LogP contribution in [0.1, 0.15) is 18.9 Å². The fourth-order valence-corrected chi connectivity index (χ4v) is 3.20. The molecule has 2 heterocycles. The van der Waals surface area contributed by atoms with E-state index in [0.717, 1.165) is 16.6 Å². The largest absolute Gasteiger partial charge is 0.318 e. The van der Waals surface area contributed by atoms with E-state index in [0.29, 0.717) is 34.5 Å². The molecule has 0 spiro atoms. The van der Waals surface area contributed by atoms with Crippen molar-refractivity contribution >= 4 is 46.0 Å². The van der Waals surface area contributed by atoms with Gasteiger partial charge in [-0.25, -0.2) is 9.61 Å². The molecule has 0 radical (unpaired) electrons. The molecule has 0 aliphatic heterocycles. The number of anilines is 1. The number of para-hydroxylation sites is 2. The zero-order valence-electron chi connectivity index (χ0n) is 14.8. The van der Waals surface area contributed by atoms with Gasteiger partial charge in [-0.2, -0.15) is 0 Å². The van der Waals surface area contributed by atoms with Gasteiger partial charge in [0.25, 0.3) is 0 Å². The van der Waals surface area contributed by atoms with Crippen molar-refractivity contribution < 1.29 is 9.42 Å². The van der Waals surface area contributed by atoms with Crippen LogP contribution in [0.2, 0.25) is 10.0 Å². The molecule has 28 heavy (non-hydrogen) atoms. The number of aromatic nitrogens is 4. The smallest absolute Gasteiger partial charge is 0.225 e. The van der Waals surface area contributed by atoms with E-state index < -0.39 is 0 Å². The summed E-state index contributed by atoms with van der Waals surface area (Å²) in [6.45, 7) is 2.22. The van der Waals surface area contributed by atoms with Gasteiger partial charge in [-0.3, -0.25) is 4.79 Å². The van der Waals surface area contributed by atoms with Gasteiger partial charge in [0.1, 0.15) is 0 Å². The molecule has 0 aliphatic rings. The summed E-state index contributed by atoms with van der Waals surface area (Å²) >= 11 is 12.2. The van der Waals surface area contributed by atoms with Gasteiger partial charge in [0.2, 0.25) is 11.7 Å². The SMILES string of the molecule is CCC(=O)Nc1nonc1-c1nc2ccccc2n1Cc1ccc(Cl)c(Cl)c1. The standard InChI is InChI=1S/C19H15Cl2N5O2/c1-2-16(27)23-18-17(24-28-25-18)19-22-14-5-3-4-6-15(14)26(19)10-11-7-8-12(20)13(21)9-11/h3-9H,2,10H2,1H3,(H,23,25,27). The number of carbonyl (C=O) groups excluding carboxylic acids is 1. The molecule has 0 unspecified atom stereocenters. The van der Waals surface area contributed by atoms with E-state index >= 15 is 0 Å². The Hall–Kier alpha value is -2.90. The van der Waals surface area contributed by atoms with Crippen LogP contribution >= 0.6 is 23.2 Å². The second-order valence-corrected chi connectivity index (χ2v) is 6.94. The molecule has 4 rings (SSSR count). The van der Waals surface area contributed by atoms with Crippen molar-refractivity contribution in [2.24, 2.45) is 0 Å². The molecular weight excluding hydrogens is 401 g/mol. The molecule has 0 aliphatic carbocycles. The highest BCUT2D eigenvalue weighted by atomic mass is 35.5. The van der Waals surface area contributed by atoms with E-state index in [-0.39, 0.29) is 11.7 Å². The van der Waals surface area contributed by atoms with Crippen molar-refractivity contribution in [2.45, 2.75) is 19.9 Å². The second-order valence-electron chi connectivity index (χ2n) is 6.12. The number of fused-ring (bicyclic) bond motifs is 1. The van der Waals surface area contributed by atoms with Gasteiger partial charge in [-0.15, -0.1) is 0 Å². The number of benzene rings is 2. The summed E-state index contributed by atoms with van der Waals surface area (Å²) in [6, 6.07) is 13.2. The van der Waals surface area contributed by atoms with Crippen molar-refractivity contribution in [3.8, 4) is 11.5 Å². The maximum atomic E-state index is 11.8. The minimum Gasteiger partial charge on any atom is -0.318 e. The summed E-state index contributed by atoms with van der Waals surface area (Å²) in [5, 5.41) is 11.4. The number of imidazole rings is 1. The fraction of sp³-hybridized carbons (Fsp3) is 0.158. The zero-order chi connectivity index (χ0) is 19.7. The number of halogens is 2. The average Bonchev–Trinajstić information content (AvgIpc) is 3.29. The number of nitrogens with one attached hydrogen (secondary N) is 1. The molecule has 1 amide bonds. The minimum absolute atomic E-state index is 0.191. The molecular formula is C19H15Cl2N5O2. The van der Waals surface area contributed by atoms with E-state index in [4.69, 9.17) is 27.8 Å². The minimum atomic E-state index is -0.191. The Labute approximate surface area is 170 Å². The van der Waals surface area contributed by atoms with Crippen LogP contribution in [0.25, 0.3) is 22.6 Å². The molecule has 0 bridgehead atoms. The number of hydrogen-bond acceptors (Lipinski definition) is 5. The predicted molar refractivity (Wildman–Crippen MR) is 108 cm³/mol. The van der Waals surface area contributed by atoms with E-state index in [2.05, 4.69) is 20.6 Å². The van der Waals surface area contributed by atoms with Crippen LogP contribution in [-0.2, 0) is 11.3 Å². The molecule has 0 atom stereocenters. The Morgan fingerprint density at radius 3 is 2.75 bits per heavy atom. The third kappa shape index (κ3) is 3.46. The monoisotopic (exact) mass is 415 g/mol. The normalized spacial score (nSPS) is 11.1. The summed E-state index contributed by atoms with van der Waals surface area (Å²) in [4.78, 5) is 16.5. The molecule has 7 nitrogen and oxygen atoms in total. The third-order valence-electron chi connectivity index (χ3n) is 4.26. The number of rotatable bonds is 5. The van der Waals surface area contributed by atoms with Crippen molar-refractivity contribution in [3.05, 3.63) is 58.1 Å². The lowest BCUT2D eigenvalue weighted by atomic mass is 10.2. The Kier molecular flexibility index (Phi) is 5.02. The summed E-state index contributed by atoms with van der Waals surface area (Å²) in [6.07, 6.45) is 0.311. The first-order chi connectivity index (χ1) is 13.6. The lowest BCUT2D eigenvalue weighted by molar-refractivity contribution is -0.115. The molecule has 1 N–H and O–H groups in total. The first kappa shape index (κ1) is 18.5. The van der Waals surface area contributed by atoms with Crippen molar-refractivity contribution in [3.63, 3.8) is 0 Å². The molecule has 2 aromatic carbocycles. The second kappa shape index (κ2) is 7.61. The van der Waals surface area contributed by atoms with E-state index in [1.54, 1.807) is 13.0 Å². The van der Waals surface area contributed by atoms with Gasteiger partial charge < -0.3 is 9.88 Å². The molecule has 142 valence electrons. The van der Waals surface area contributed by atoms with E-state index in [1.165, 1.54) is 0 Å². The maximum Gasteiger partial charge on any atom is 0.225 e. The summed E-state index contributed by atoms with van der Waals surface area (Å²) in [5.74, 6) is 0.571. The first-order valence-corrected chi connectivity index (χ1v) is 9.34. The number of carbonyl (C=O) groups is 1. The maximum absolute atomic E-state index is 11.8. The first-order valence-electron chi connectivity index (χ1n) is 8.58. The van der Waals surface area contributed by atoms with Gasteiger partial charge in [-0.1, -0.05) is 48.3 Å². The van der Waals surface area contributed by atoms with Gasteiger partial charge in [0.05, 0.1) is 21.1 Å². The zero-order valence-corrected chi connectivity index (χ0v) is 16.3. The molecule has 0 saturated carbocycles. The number of nitrogens with zero attached hydrogens (tertiary/aromatic N) is 4. The molecule has 0 saturated heterocycles. The van der Waals surface area contributed by atoms with Crippen molar-refractivity contribution in [1.29, 1.82) is 0 Å². The van der Waals surface area contributed by atoms with Gasteiger partial charge in [0.15, 0.2) is 11.5 Å². The lowest BCUT2D eigenvalue weighted by Gasteiger charge is -2.09. The van der Waals surface area contributed by atoms with Crippen LogP contribution < -0.4 is 5.32 Å². The van der Waals surface area contributed by atoms with Crippen LogP contribution in [0.3, 0.4) is 0 Å². The van der Waals surface area contributed by atoms with Crippen LogP contribution in [0.5, 0.6) is 0 Å². The van der Waals surface area contributed by atoms with Crippen LogP contribution in [0.4, 0.5) is 5.82 Å². The summed E-state index contributed by atoms with van der Waals surface area (Å²) in [5.41, 5.74) is 2.99. The van der Waals surface area contributed by atoms with Crippen molar-refractivity contribution in [1.82, 2.24) is 19.9 Å². The van der Waals surface area contributed by atoms with E-state index in [1.807, 2.05) is 41.0 Å². The topological polar surface area (TPSA) is 85.8 Å². The lowest BCUT2D eigenvalue weighted by Crippen LogP contribution is -2.11. The highest BCUT2D eigenvalue weighted by molar-refractivity contribution is 6.42. The summed E-state index contributed by atoms with van der Waals surface area (Å²) < 4.78 is 6.84. The Balaban J connectivity index is 1.83. The van der Waals surface area contributed by atoms with Crippen LogP contribution in [-0.4, -0.2) is 25.8 Å². The Bertz CT molecular complexity index is 1170. The van der Waals surface area contributed by atoms with Crippen LogP contribution in [0, 0.1) is 0 Å². The third-order valence-corrected chi connectivity index (χ3v) is 5.00. The quantitative estimate of drug-likeness (QED) is 0.506. The van der Waals surface area contributed by atoms with E-state index in [9.17, 15) is 4.79 Å². The molecule has 9 heteroatoms. The average molecular weight is 416 g/mol. The fourth-order valence-electron chi connectivity index (χ4n) is 2.87. The Morgan fingerprint density at radius 2 is 1.96 bits per heavy atom. The van der Waals surface area contributed by atoms with Gasteiger partial charge in [0, 0.05) is 13.0 Å². The molecule has 0 fully saturated rings. The molecule has 2 aromatic heterocycles. The number of hydrogen-bond donors (Lipinski definition) is 1. The predicted octanol–water partition coefficient (Wildman–Crippen LogP) is 4.79. The molecule has 4 aromatic rings. The van der Waals surface area contributed by atoms with Gasteiger partial charge >= 0.3 is 0 Å². The Morgan fingerprint density at radius 1 is 1.14 bits per heavy atom.